The highest BCUT2D eigenvalue weighted by Gasteiger charge is 2.19. The number of ether oxygens (including phenoxy) is 4. The molecule has 16 heteroatoms. The van der Waals surface area contributed by atoms with Crippen molar-refractivity contribution in [1.29, 1.82) is 0 Å². The van der Waals surface area contributed by atoms with E-state index in [2.05, 4.69) is 43.6 Å². The lowest BCUT2D eigenvalue weighted by Crippen LogP contribution is -2.02. The summed E-state index contributed by atoms with van der Waals surface area (Å²) in [7, 11) is 5.99. The number of nitrogen functional groups attached to an aromatic ring is 1. The number of nitro benzene ring substituents is 1. The van der Waals surface area contributed by atoms with E-state index in [0.717, 1.165) is 22.4 Å². The normalized spacial score (nSPS) is 10.2. The van der Waals surface area contributed by atoms with Crippen molar-refractivity contribution in [2.45, 2.75) is 26.7 Å². The Morgan fingerprint density at radius 3 is 1.33 bits per heavy atom. The van der Waals surface area contributed by atoms with Crippen molar-refractivity contribution < 1.29 is 23.9 Å². The lowest BCUT2D eigenvalue weighted by molar-refractivity contribution is -0.385. The molecule has 0 spiro atoms. The third-order valence-electron chi connectivity index (χ3n) is 8.92. The maximum atomic E-state index is 11.3. The van der Waals surface area contributed by atoms with E-state index in [4.69, 9.17) is 71.1 Å². The second kappa shape index (κ2) is 20.6. The van der Waals surface area contributed by atoms with Crippen LogP contribution in [0, 0.1) is 47.6 Å². The Kier molecular flexibility index (Phi) is 15.4. The fourth-order valence-electron chi connectivity index (χ4n) is 5.65. The van der Waals surface area contributed by atoms with Crippen LogP contribution in [0.25, 0.3) is 0 Å². The second-order valence-electron chi connectivity index (χ2n) is 12.7. The molecule has 2 aromatic heterocycles. The van der Waals surface area contributed by atoms with Crippen LogP contribution in [0.15, 0.2) is 73.3 Å². The van der Waals surface area contributed by atoms with Crippen LogP contribution in [0.4, 0.5) is 11.4 Å². The molecule has 306 valence electrons. The number of halogens is 4. The zero-order valence-electron chi connectivity index (χ0n) is 33.1. The van der Waals surface area contributed by atoms with Gasteiger partial charge in [0.1, 0.15) is 34.6 Å². The molecule has 2 heterocycles. The lowest BCUT2D eigenvalue weighted by atomic mass is 10.0. The van der Waals surface area contributed by atoms with Crippen LogP contribution in [0.2, 0.25) is 20.1 Å². The predicted molar refractivity (Wildman–Crippen MR) is 234 cm³/mol. The Morgan fingerprint density at radius 2 is 0.967 bits per heavy atom. The number of hydrogen-bond donors (Lipinski definition) is 1. The molecule has 0 aliphatic rings. The quantitative estimate of drug-likeness (QED) is 0.0638. The first-order valence-corrected chi connectivity index (χ1v) is 19.2. The molecule has 0 aliphatic carbocycles. The van der Waals surface area contributed by atoms with Crippen LogP contribution in [0.3, 0.4) is 0 Å². The van der Waals surface area contributed by atoms with Crippen molar-refractivity contribution in [1.82, 2.24) is 19.9 Å². The number of anilines is 1. The van der Waals surface area contributed by atoms with E-state index in [-0.39, 0.29) is 22.2 Å². The molecular formula is C44H36Cl4N6O6. The van der Waals surface area contributed by atoms with Gasteiger partial charge in [0.2, 0.25) is 0 Å². The molecule has 0 amide bonds. The summed E-state index contributed by atoms with van der Waals surface area (Å²) in [5, 5.41) is 12.5. The van der Waals surface area contributed by atoms with Gasteiger partial charge < -0.3 is 24.7 Å². The number of nitrogens with zero attached hydrogens (tertiary/aromatic N) is 5. The number of aryl methyl sites for hydroxylation is 2. The van der Waals surface area contributed by atoms with E-state index < -0.39 is 4.92 Å². The number of hydrogen-bond acceptors (Lipinski definition) is 11. The van der Waals surface area contributed by atoms with Gasteiger partial charge in [-0.05, 0) is 36.6 Å². The monoisotopic (exact) mass is 884 g/mol. The van der Waals surface area contributed by atoms with Crippen molar-refractivity contribution in [2.75, 3.05) is 34.2 Å². The first kappa shape index (κ1) is 44.8. The van der Waals surface area contributed by atoms with E-state index in [1.165, 1.54) is 34.5 Å². The summed E-state index contributed by atoms with van der Waals surface area (Å²) in [4.78, 5) is 28.3. The minimum Gasteiger partial charge on any atom is -0.495 e. The topological polar surface area (TPSA) is 158 Å². The van der Waals surface area contributed by atoms with Crippen molar-refractivity contribution in [3.05, 3.63) is 160 Å². The molecule has 2 N–H and O–H groups in total. The summed E-state index contributed by atoms with van der Waals surface area (Å²) in [6.45, 7) is 3.83. The zero-order chi connectivity index (χ0) is 43.5. The zero-order valence-corrected chi connectivity index (χ0v) is 36.1. The molecule has 6 rings (SSSR count). The highest BCUT2D eigenvalue weighted by molar-refractivity contribution is 6.39. The summed E-state index contributed by atoms with van der Waals surface area (Å²) < 4.78 is 21.0. The van der Waals surface area contributed by atoms with Gasteiger partial charge in [-0.1, -0.05) is 94.4 Å². The van der Waals surface area contributed by atoms with Crippen LogP contribution >= 0.6 is 46.4 Å². The van der Waals surface area contributed by atoms with E-state index in [1.807, 2.05) is 38.1 Å². The fourth-order valence-corrected chi connectivity index (χ4v) is 6.84. The van der Waals surface area contributed by atoms with Gasteiger partial charge in [-0.3, -0.25) is 10.1 Å². The van der Waals surface area contributed by atoms with E-state index in [9.17, 15) is 10.1 Å². The van der Waals surface area contributed by atoms with E-state index >= 15 is 0 Å². The highest BCUT2D eigenvalue weighted by atomic mass is 35.5. The lowest BCUT2D eigenvalue weighted by Gasteiger charge is -2.10. The molecule has 0 atom stereocenters. The van der Waals surface area contributed by atoms with Crippen LogP contribution in [0.1, 0.15) is 56.2 Å². The largest absolute Gasteiger partial charge is 0.495 e. The summed E-state index contributed by atoms with van der Waals surface area (Å²) in [5.74, 6) is 14.5. The van der Waals surface area contributed by atoms with Gasteiger partial charge in [-0.25, -0.2) is 19.9 Å². The van der Waals surface area contributed by atoms with E-state index in [0.29, 0.717) is 78.9 Å². The van der Waals surface area contributed by atoms with Crippen molar-refractivity contribution >= 4 is 57.8 Å². The van der Waals surface area contributed by atoms with Crippen LogP contribution in [-0.2, 0) is 12.8 Å². The molecule has 60 heavy (non-hydrogen) atoms. The molecule has 6 aromatic rings. The molecule has 0 radical (unpaired) electrons. The van der Waals surface area contributed by atoms with Gasteiger partial charge in [-0.15, -0.1) is 0 Å². The highest BCUT2D eigenvalue weighted by Crippen LogP contribution is 2.41. The number of benzene rings is 4. The van der Waals surface area contributed by atoms with Gasteiger partial charge in [0.05, 0.1) is 75.7 Å². The number of nitrogens with two attached hydrogens (primary N) is 1. The Hall–Kier alpha value is -6.28. The number of methoxy groups -OCH3 is 4. The number of aromatic nitrogens is 4. The van der Waals surface area contributed by atoms with Crippen LogP contribution < -0.4 is 24.7 Å². The molecule has 12 nitrogen and oxygen atoms in total. The number of rotatable bonds is 9. The van der Waals surface area contributed by atoms with Crippen molar-refractivity contribution in [2.24, 2.45) is 0 Å². The van der Waals surface area contributed by atoms with Gasteiger partial charge in [-0.2, -0.15) is 0 Å². The summed E-state index contributed by atoms with van der Waals surface area (Å²) >= 11 is 25.3. The first-order valence-electron chi connectivity index (χ1n) is 17.7. The standard InChI is InChI=1S/C22H17Cl2N3O4.C22H19Cl2N3O2/c1-13-5-4-6-17(27(28)29)16(13)9-20-25-11-14(12-26-20)7-8-15-21(23)18(30-2)10-19(31-3)22(15)24;1-13-5-4-6-17(25)16(13)9-20-26-11-14(12-27-20)7-8-15-21(23)18(28-2)10-19(29-3)22(15)24/h4-6,10-12H,9H2,1-3H3;4-6,10-12H,9,25H2,1-3H3. The third-order valence-corrected chi connectivity index (χ3v) is 10.4. The number of nitro groups is 1. The molecule has 0 unspecified atom stereocenters. The minimum atomic E-state index is -0.405. The van der Waals surface area contributed by atoms with Crippen LogP contribution in [0.5, 0.6) is 23.0 Å². The van der Waals surface area contributed by atoms with Crippen molar-refractivity contribution in [3.8, 4) is 46.7 Å². The van der Waals surface area contributed by atoms with Crippen molar-refractivity contribution in [3.63, 3.8) is 0 Å². The Labute approximate surface area is 367 Å². The van der Waals surface area contributed by atoms with Gasteiger partial charge in [0, 0.05) is 67.1 Å². The Balaban J connectivity index is 0.000000228. The van der Waals surface area contributed by atoms with Gasteiger partial charge in [0.25, 0.3) is 5.69 Å². The van der Waals surface area contributed by atoms with E-state index in [1.54, 1.807) is 43.0 Å². The third kappa shape index (κ3) is 10.7. The smallest absolute Gasteiger partial charge is 0.273 e. The Bertz CT molecular complexity index is 2600. The average Bonchev–Trinajstić information content (AvgIpc) is 3.24. The van der Waals surface area contributed by atoms with Gasteiger partial charge in [0.15, 0.2) is 0 Å². The molecular weight excluding hydrogens is 850 g/mol. The molecule has 0 aliphatic heterocycles. The van der Waals surface area contributed by atoms with Gasteiger partial charge >= 0.3 is 0 Å². The summed E-state index contributed by atoms with van der Waals surface area (Å²) in [6, 6.07) is 14.0. The summed E-state index contributed by atoms with van der Waals surface area (Å²) in [6.07, 6.45) is 7.18. The maximum Gasteiger partial charge on any atom is 0.273 e. The summed E-state index contributed by atoms with van der Waals surface area (Å²) in [5.41, 5.74) is 12.3. The predicted octanol–water partition coefficient (Wildman–Crippen LogP) is 9.69. The first-order chi connectivity index (χ1) is 28.8. The SMILES string of the molecule is COc1cc(OC)c(Cl)c(C#Cc2cnc(Cc3c(C)cccc3N)nc2)c1Cl.COc1cc(OC)c(Cl)c(C#Cc2cnc(Cc3c(C)cccc3[N+](=O)[O-])nc2)c1Cl. The fraction of sp³-hybridized carbons (Fsp3) is 0.182. The second-order valence-corrected chi connectivity index (χ2v) is 14.2. The van der Waals surface area contributed by atoms with Crippen LogP contribution in [-0.4, -0.2) is 53.3 Å². The molecule has 0 saturated carbocycles. The molecule has 4 aromatic carbocycles. The molecule has 0 fully saturated rings. The molecule has 0 bridgehead atoms. The average molecular weight is 887 g/mol. The minimum absolute atomic E-state index is 0.0451. The molecule has 0 saturated heterocycles. The Morgan fingerprint density at radius 1 is 0.600 bits per heavy atom. The maximum absolute atomic E-state index is 11.3.